The van der Waals surface area contributed by atoms with Crippen LogP contribution in [0.15, 0.2) is 78.9 Å². The molecule has 0 saturated carbocycles. The van der Waals surface area contributed by atoms with Crippen LogP contribution in [-0.2, 0) is 0 Å². The number of aromatic nitrogens is 2. The average molecular weight is 324 g/mol. The van der Waals surface area contributed by atoms with E-state index in [2.05, 4.69) is 73.1 Å². The summed E-state index contributed by atoms with van der Waals surface area (Å²) in [7, 11) is 0. The second-order valence-electron chi connectivity index (χ2n) is 6.49. The van der Waals surface area contributed by atoms with E-state index in [1.165, 1.54) is 16.6 Å². The molecule has 122 valence electrons. The maximum atomic E-state index is 4.73. The van der Waals surface area contributed by atoms with Gasteiger partial charge in [-0.15, -0.1) is 0 Å². The molecule has 0 radical (unpaired) electrons. The Morgan fingerprint density at radius 1 is 1.00 bits per heavy atom. The summed E-state index contributed by atoms with van der Waals surface area (Å²) in [5.74, 6) is 0. The van der Waals surface area contributed by atoms with Crippen molar-refractivity contribution in [1.29, 1.82) is 0 Å². The van der Waals surface area contributed by atoms with E-state index in [4.69, 9.17) is 4.98 Å². The molecule has 2 heterocycles. The summed E-state index contributed by atoms with van der Waals surface area (Å²) >= 11 is 0. The van der Waals surface area contributed by atoms with Gasteiger partial charge in [0.25, 0.3) is 0 Å². The molecule has 0 amide bonds. The molecule has 0 spiro atoms. The van der Waals surface area contributed by atoms with Crippen molar-refractivity contribution in [3.8, 4) is 0 Å². The number of aromatic amines is 1. The number of allylic oxidation sites excluding steroid dienone is 7. The Hall–Kier alpha value is -3.13. The number of nitrogens with zero attached hydrogens (tertiary/aromatic N) is 1. The van der Waals surface area contributed by atoms with Crippen LogP contribution in [0.25, 0.3) is 22.0 Å². The molecule has 2 aromatic heterocycles. The summed E-state index contributed by atoms with van der Waals surface area (Å²) in [6.45, 7) is 8.23. The fourth-order valence-electron chi connectivity index (χ4n) is 3.27. The number of pyridine rings is 1. The minimum Gasteiger partial charge on any atom is -0.359 e. The van der Waals surface area contributed by atoms with E-state index >= 15 is 0 Å². The van der Waals surface area contributed by atoms with Crippen LogP contribution in [0.1, 0.15) is 22.6 Å². The minimum absolute atomic E-state index is 0.974. The zero-order valence-corrected chi connectivity index (χ0v) is 14.5. The molecule has 1 aliphatic rings. The van der Waals surface area contributed by atoms with Crippen molar-refractivity contribution in [1.82, 2.24) is 9.97 Å². The second kappa shape index (κ2) is 6.06. The van der Waals surface area contributed by atoms with Crippen LogP contribution in [0.4, 0.5) is 0 Å². The number of aryl methyl sites for hydroxylation is 2. The zero-order valence-electron chi connectivity index (χ0n) is 14.5. The van der Waals surface area contributed by atoms with Crippen molar-refractivity contribution in [2.75, 3.05) is 0 Å². The van der Waals surface area contributed by atoms with Gasteiger partial charge in [0.2, 0.25) is 0 Å². The Morgan fingerprint density at radius 3 is 2.72 bits per heavy atom. The molecule has 0 saturated heterocycles. The lowest BCUT2D eigenvalue weighted by atomic mass is 9.93. The monoisotopic (exact) mass is 324 g/mol. The highest BCUT2D eigenvalue weighted by molar-refractivity contribution is 6.07. The number of hydrogen-bond donors (Lipinski definition) is 1. The van der Waals surface area contributed by atoms with E-state index in [-0.39, 0.29) is 0 Å². The molecule has 0 unspecified atom stereocenters. The molecule has 1 N–H and O–H groups in total. The molecule has 1 aromatic carbocycles. The summed E-state index contributed by atoms with van der Waals surface area (Å²) in [6, 6.07) is 14.8. The Bertz CT molecular complexity index is 1070. The van der Waals surface area contributed by atoms with E-state index < -0.39 is 0 Å². The number of nitrogens with one attached hydrogen (secondary N) is 1. The van der Waals surface area contributed by atoms with Crippen LogP contribution in [0.2, 0.25) is 0 Å². The van der Waals surface area contributed by atoms with Crippen LogP contribution in [0, 0.1) is 13.8 Å². The number of H-pyrrole nitrogens is 1. The lowest BCUT2D eigenvalue weighted by Gasteiger charge is -2.13. The standard InChI is InChI=1S/C23H20N2/c1-15-6-4-8-20(21(12-15)23-9-5-7-16(2)24-23)18-10-11-22-19(14-18)13-17(3)25-22/h4-14,25H,1H2,2-3H3. The van der Waals surface area contributed by atoms with Gasteiger partial charge in [0, 0.05) is 27.9 Å². The highest BCUT2D eigenvalue weighted by atomic mass is 14.7. The maximum absolute atomic E-state index is 4.73. The van der Waals surface area contributed by atoms with Crippen molar-refractivity contribution >= 4 is 22.0 Å². The van der Waals surface area contributed by atoms with Crippen LogP contribution in [0.3, 0.4) is 0 Å². The van der Waals surface area contributed by atoms with Gasteiger partial charge in [-0.25, -0.2) is 0 Å². The fourth-order valence-corrected chi connectivity index (χ4v) is 3.27. The first-order valence-corrected chi connectivity index (χ1v) is 8.43. The lowest BCUT2D eigenvalue weighted by Crippen LogP contribution is -1.95. The van der Waals surface area contributed by atoms with Gasteiger partial charge in [-0.2, -0.15) is 0 Å². The smallest absolute Gasteiger partial charge is 0.0711 e. The third-order valence-corrected chi connectivity index (χ3v) is 4.42. The lowest BCUT2D eigenvalue weighted by molar-refractivity contribution is 1.17. The molecule has 25 heavy (non-hydrogen) atoms. The van der Waals surface area contributed by atoms with Gasteiger partial charge < -0.3 is 4.98 Å². The van der Waals surface area contributed by atoms with Gasteiger partial charge >= 0.3 is 0 Å². The van der Waals surface area contributed by atoms with Gasteiger partial charge in [-0.3, -0.25) is 4.98 Å². The van der Waals surface area contributed by atoms with Gasteiger partial charge in [0.1, 0.15) is 0 Å². The summed E-state index contributed by atoms with van der Waals surface area (Å²) in [6.07, 6.45) is 8.35. The fraction of sp³-hybridized carbons (Fsp3) is 0.0870. The third kappa shape index (κ3) is 2.99. The number of hydrogen-bond acceptors (Lipinski definition) is 1. The SMILES string of the molecule is C=C1C=CC=C(c2ccc3[nH]c(C)cc3c2)C(c2cccc(C)n2)=C1. The van der Waals surface area contributed by atoms with Crippen LogP contribution >= 0.6 is 0 Å². The zero-order chi connectivity index (χ0) is 17.4. The minimum atomic E-state index is 0.974. The quantitative estimate of drug-likeness (QED) is 0.636. The molecule has 0 atom stereocenters. The molecule has 4 rings (SSSR count). The molecule has 3 aromatic rings. The first-order valence-electron chi connectivity index (χ1n) is 8.43. The third-order valence-electron chi connectivity index (χ3n) is 4.42. The van der Waals surface area contributed by atoms with E-state index in [9.17, 15) is 0 Å². The summed E-state index contributed by atoms with van der Waals surface area (Å²) < 4.78 is 0. The van der Waals surface area contributed by atoms with Crippen molar-refractivity contribution < 1.29 is 0 Å². The highest BCUT2D eigenvalue weighted by Crippen LogP contribution is 2.34. The normalized spacial score (nSPS) is 14.4. The predicted octanol–water partition coefficient (Wildman–Crippen LogP) is 5.77. The average Bonchev–Trinajstić information content (AvgIpc) is 2.84. The van der Waals surface area contributed by atoms with Gasteiger partial charge in [-0.05, 0) is 67.0 Å². The number of rotatable bonds is 2. The highest BCUT2D eigenvalue weighted by Gasteiger charge is 2.14. The van der Waals surface area contributed by atoms with Crippen LogP contribution in [0.5, 0.6) is 0 Å². The number of fused-ring (bicyclic) bond motifs is 1. The molecule has 1 aliphatic carbocycles. The molecular weight excluding hydrogens is 304 g/mol. The van der Waals surface area contributed by atoms with Crippen LogP contribution < -0.4 is 0 Å². The Labute approximate surface area is 147 Å². The topological polar surface area (TPSA) is 28.7 Å². The maximum Gasteiger partial charge on any atom is 0.0711 e. The van der Waals surface area contributed by atoms with E-state index in [0.717, 1.165) is 33.6 Å². The van der Waals surface area contributed by atoms with Crippen LogP contribution in [-0.4, -0.2) is 9.97 Å². The van der Waals surface area contributed by atoms with E-state index in [0.29, 0.717) is 0 Å². The molecule has 2 heteroatoms. The Kier molecular flexibility index (Phi) is 3.73. The first-order chi connectivity index (χ1) is 12.1. The molecule has 2 nitrogen and oxygen atoms in total. The van der Waals surface area contributed by atoms with E-state index in [1.807, 2.05) is 19.1 Å². The Morgan fingerprint density at radius 2 is 1.88 bits per heavy atom. The van der Waals surface area contributed by atoms with E-state index in [1.54, 1.807) is 0 Å². The molecule has 0 fully saturated rings. The van der Waals surface area contributed by atoms with Crippen molar-refractivity contribution in [2.45, 2.75) is 13.8 Å². The van der Waals surface area contributed by atoms with Gasteiger partial charge in [-0.1, -0.05) is 36.9 Å². The molecule has 0 aliphatic heterocycles. The summed E-state index contributed by atoms with van der Waals surface area (Å²) in [5, 5.41) is 1.22. The second-order valence-corrected chi connectivity index (χ2v) is 6.49. The molecular formula is C23H20N2. The predicted molar refractivity (Wildman–Crippen MR) is 106 cm³/mol. The number of benzene rings is 1. The summed E-state index contributed by atoms with van der Waals surface area (Å²) in [4.78, 5) is 8.11. The van der Waals surface area contributed by atoms with Gasteiger partial charge in [0.05, 0.1) is 5.69 Å². The summed E-state index contributed by atoms with van der Waals surface area (Å²) in [5.41, 5.74) is 8.74. The van der Waals surface area contributed by atoms with Crippen molar-refractivity contribution in [3.05, 3.63) is 102 Å². The van der Waals surface area contributed by atoms with Crippen molar-refractivity contribution in [2.24, 2.45) is 0 Å². The Balaban J connectivity index is 1.89. The van der Waals surface area contributed by atoms with Gasteiger partial charge in [0.15, 0.2) is 0 Å². The molecule has 0 bridgehead atoms. The first kappa shape index (κ1) is 15.4. The van der Waals surface area contributed by atoms with Crippen molar-refractivity contribution in [3.63, 3.8) is 0 Å². The largest absolute Gasteiger partial charge is 0.359 e.